The van der Waals surface area contributed by atoms with Gasteiger partial charge in [-0.2, -0.15) is 0 Å². The maximum atomic E-state index is 12.2. The van der Waals surface area contributed by atoms with Crippen LogP contribution in [0.1, 0.15) is 21.5 Å². The average molecular weight is 349 g/mol. The lowest BCUT2D eigenvalue weighted by molar-refractivity contribution is 0.102. The Morgan fingerprint density at radius 1 is 1.15 bits per heavy atom. The highest BCUT2D eigenvalue weighted by molar-refractivity contribution is 9.10. The van der Waals surface area contributed by atoms with Crippen LogP contribution in [0, 0.1) is 6.92 Å². The standard InChI is InChI=1S/C15H13BrN2OS/c1-9-3-2-4-12(13(9)16)18-15(19)11-7-5-10(6-8-11)14(17)20/h2-8H,1H3,(H2,17,20)(H,18,19). The van der Waals surface area contributed by atoms with Crippen molar-refractivity contribution in [1.82, 2.24) is 0 Å². The van der Waals surface area contributed by atoms with Crippen molar-refractivity contribution < 1.29 is 4.79 Å². The van der Waals surface area contributed by atoms with Gasteiger partial charge in [0.1, 0.15) is 4.99 Å². The molecule has 0 aliphatic carbocycles. The van der Waals surface area contributed by atoms with Crippen molar-refractivity contribution >= 4 is 44.7 Å². The van der Waals surface area contributed by atoms with Gasteiger partial charge >= 0.3 is 0 Å². The van der Waals surface area contributed by atoms with Crippen molar-refractivity contribution in [3.8, 4) is 0 Å². The van der Waals surface area contributed by atoms with Crippen LogP contribution >= 0.6 is 28.1 Å². The predicted octanol–water partition coefficient (Wildman–Crippen LogP) is 3.64. The Labute approximate surface area is 131 Å². The van der Waals surface area contributed by atoms with Crippen molar-refractivity contribution in [2.45, 2.75) is 6.92 Å². The number of benzene rings is 2. The van der Waals surface area contributed by atoms with Gasteiger partial charge in [-0.3, -0.25) is 4.79 Å². The van der Waals surface area contributed by atoms with E-state index in [-0.39, 0.29) is 5.91 Å². The van der Waals surface area contributed by atoms with Gasteiger partial charge in [-0.15, -0.1) is 0 Å². The Balaban J connectivity index is 2.20. The minimum absolute atomic E-state index is 0.175. The highest BCUT2D eigenvalue weighted by atomic mass is 79.9. The SMILES string of the molecule is Cc1cccc(NC(=O)c2ccc(C(N)=S)cc2)c1Br. The van der Waals surface area contributed by atoms with E-state index in [9.17, 15) is 4.79 Å². The summed E-state index contributed by atoms with van der Waals surface area (Å²) >= 11 is 8.34. The van der Waals surface area contributed by atoms with Crippen LogP contribution in [0.3, 0.4) is 0 Å². The van der Waals surface area contributed by atoms with Gasteiger partial charge in [-0.25, -0.2) is 0 Å². The van der Waals surface area contributed by atoms with Crippen molar-refractivity contribution in [2.24, 2.45) is 5.73 Å². The van der Waals surface area contributed by atoms with Crippen LogP contribution in [0.15, 0.2) is 46.9 Å². The molecule has 0 heterocycles. The third kappa shape index (κ3) is 3.23. The topological polar surface area (TPSA) is 55.1 Å². The van der Waals surface area contributed by atoms with Gasteiger partial charge < -0.3 is 11.1 Å². The van der Waals surface area contributed by atoms with E-state index in [1.54, 1.807) is 24.3 Å². The Kier molecular flexibility index (Phi) is 4.52. The molecular weight excluding hydrogens is 336 g/mol. The quantitative estimate of drug-likeness (QED) is 0.832. The Morgan fingerprint density at radius 2 is 1.75 bits per heavy atom. The summed E-state index contributed by atoms with van der Waals surface area (Å²) in [6.07, 6.45) is 0. The molecule has 0 atom stereocenters. The molecule has 0 spiro atoms. The summed E-state index contributed by atoms with van der Waals surface area (Å²) in [4.78, 5) is 12.5. The molecule has 0 saturated heterocycles. The summed E-state index contributed by atoms with van der Waals surface area (Å²) in [6, 6.07) is 12.6. The summed E-state index contributed by atoms with van der Waals surface area (Å²) in [6.45, 7) is 1.97. The normalized spacial score (nSPS) is 10.1. The highest BCUT2D eigenvalue weighted by Crippen LogP contribution is 2.26. The zero-order valence-corrected chi connectivity index (χ0v) is 13.2. The molecule has 3 nitrogen and oxygen atoms in total. The third-order valence-corrected chi connectivity index (χ3v) is 4.16. The molecule has 3 N–H and O–H groups in total. The van der Waals surface area contributed by atoms with Crippen molar-refractivity contribution in [3.05, 3.63) is 63.6 Å². The second kappa shape index (κ2) is 6.15. The van der Waals surface area contributed by atoms with Crippen LogP contribution in [-0.2, 0) is 0 Å². The van der Waals surface area contributed by atoms with Gasteiger partial charge in [0.05, 0.1) is 5.69 Å². The predicted molar refractivity (Wildman–Crippen MR) is 89.2 cm³/mol. The van der Waals surface area contributed by atoms with Gasteiger partial charge in [0.2, 0.25) is 0 Å². The van der Waals surface area contributed by atoms with E-state index in [1.165, 1.54) is 0 Å². The van der Waals surface area contributed by atoms with E-state index in [0.717, 1.165) is 21.3 Å². The first-order valence-corrected chi connectivity index (χ1v) is 7.15. The second-order valence-corrected chi connectivity index (χ2v) is 5.57. The first-order valence-electron chi connectivity index (χ1n) is 5.95. The fraction of sp³-hybridized carbons (Fsp3) is 0.0667. The number of hydrogen-bond acceptors (Lipinski definition) is 2. The van der Waals surface area contributed by atoms with E-state index < -0.39 is 0 Å². The number of anilines is 1. The Hall–Kier alpha value is -1.72. The van der Waals surface area contributed by atoms with Crippen LogP contribution in [0.25, 0.3) is 0 Å². The van der Waals surface area contributed by atoms with Gasteiger partial charge in [-0.1, -0.05) is 36.5 Å². The minimum Gasteiger partial charge on any atom is -0.389 e. The molecule has 0 aromatic heterocycles. The molecule has 0 aliphatic heterocycles. The van der Waals surface area contributed by atoms with E-state index in [4.69, 9.17) is 18.0 Å². The summed E-state index contributed by atoms with van der Waals surface area (Å²) in [5, 5.41) is 2.87. The number of amides is 1. The van der Waals surface area contributed by atoms with E-state index in [2.05, 4.69) is 21.2 Å². The molecule has 20 heavy (non-hydrogen) atoms. The lowest BCUT2D eigenvalue weighted by atomic mass is 10.1. The molecule has 0 saturated carbocycles. The monoisotopic (exact) mass is 348 g/mol. The lowest BCUT2D eigenvalue weighted by Gasteiger charge is -2.09. The minimum atomic E-state index is -0.175. The maximum Gasteiger partial charge on any atom is 0.255 e. The van der Waals surface area contributed by atoms with Crippen molar-refractivity contribution in [1.29, 1.82) is 0 Å². The molecule has 102 valence electrons. The highest BCUT2D eigenvalue weighted by Gasteiger charge is 2.09. The molecule has 1 amide bonds. The number of nitrogens with two attached hydrogens (primary N) is 1. The summed E-state index contributed by atoms with van der Waals surface area (Å²) < 4.78 is 0.883. The summed E-state index contributed by atoms with van der Waals surface area (Å²) in [5.74, 6) is -0.175. The molecule has 5 heteroatoms. The number of thiocarbonyl (C=S) groups is 1. The van der Waals surface area contributed by atoms with E-state index >= 15 is 0 Å². The number of aryl methyl sites for hydroxylation is 1. The smallest absolute Gasteiger partial charge is 0.255 e. The largest absolute Gasteiger partial charge is 0.389 e. The molecule has 0 bridgehead atoms. The fourth-order valence-electron chi connectivity index (χ4n) is 1.72. The van der Waals surface area contributed by atoms with Crippen LogP contribution in [-0.4, -0.2) is 10.9 Å². The lowest BCUT2D eigenvalue weighted by Crippen LogP contribution is -2.14. The first-order chi connectivity index (χ1) is 9.49. The molecule has 0 unspecified atom stereocenters. The van der Waals surface area contributed by atoms with Crippen LogP contribution in [0.5, 0.6) is 0 Å². The fourth-order valence-corrected chi connectivity index (χ4v) is 2.22. The number of rotatable bonds is 3. The molecule has 2 rings (SSSR count). The van der Waals surface area contributed by atoms with E-state index in [1.807, 2.05) is 25.1 Å². The molecular formula is C15H13BrN2OS. The van der Waals surface area contributed by atoms with Crippen molar-refractivity contribution in [2.75, 3.05) is 5.32 Å². The molecule has 2 aromatic rings. The molecule has 0 aliphatic rings. The van der Waals surface area contributed by atoms with Gasteiger partial charge in [0.25, 0.3) is 5.91 Å². The number of carbonyl (C=O) groups excluding carboxylic acids is 1. The number of hydrogen-bond donors (Lipinski definition) is 2. The zero-order chi connectivity index (χ0) is 14.7. The second-order valence-electron chi connectivity index (χ2n) is 4.33. The summed E-state index contributed by atoms with van der Waals surface area (Å²) in [7, 11) is 0. The Morgan fingerprint density at radius 3 is 2.35 bits per heavy atom. The van der Waals surface area contributed by atoms with Crippen LogP contribution in [0.4, 0.5) is 5.69 Å². The van der Waals surface area contributed by atoms with E-state index in [0.29, 0.717) is 10.6 Å². The number of halogens is 1. The zero-order valence-electron chi connectivity index (χ0n) is 10.8. The average Bonchev–Trinajstić information content (AvgIpc) is 2.44. The van der Waals surface area contributed by atoms with Crippen LogP contribution in [0.2, 0.25) is 0 Å². The number of nitrogens with one attached hydrogen (secondary N) is 1. The first kappa shape index (κ1) is 14.7. The van der Waals surface area contributed by atoms with Crippen LogP contribution < -0.4 is 11.1 Å². The molecule has 0 radical (unpaired) electrons. The maximum absolute atomic E-state index is 12.2. The molecule has 0 fully saturated rings. The van der Waals surface area contributed by atoms with Gasteiger partial charge in [0, 0.05) is 15.6 Å². The molecule has 2 aromatic carbocycles. The number of carbonyl (C=O) groups is 1. The van der Waals surface area contributed by atoms with Gasteiger partial charge in [0.15, 0.2) is 0 Å². The van der Waals surface area contributed by atoms with Gasteiger partial charge in [-0.05, 0) is 46.6 Å². The Bertz CT molecular complexity index is 668. The van der Waals surface area contributed by atoms with Crippen molar-refractivity contribution in [3.63, 3.8) is 0 Å². The third-order valence-electron chi connectivity index (χ3n) is 2.87. The summed E-state index contributed by atoms with van der Waals surface area (Å²) in [5.41, 5.74) is 8.63.